The van der Waals surface area contributed by atoms with E-state index in [2.05, 4.69) is 4.98 Å². The summed E-state index contributed by atoms with van der Waals surface area (Å²) in [6.45, 7) is -0.645. The summed E-state index contributed by atoms with van der Waals surface area (Å²) in [5.41, 5.74) is 5.06. The lowest BCUT2D eigenvalue weighted by molar-refractivity contribution is -0.135. The number of likely N-dealkylation sites (N-methyl/N-ethyl adjacent to an activating group) is 1. The molecular weight excluding hydrogens is 542 g/mol. The highest BCUT2D eigenvalue weighted by atomic mass is 19.1. The zero-order valence-corrected chi connectivity index (χ0v) is 22.8. The van der Waals surface area contributed by atoms with Crippen LogP contribution in [0.1, 0.15) is 15.9 Å². The van der Waals surface area contributed by atoms with Crippen molar-refractivity contribution < 1.29 is 38.1 Å². The molecule has 12 nitrogen and oxygen atoms in total. The summed E-state index contributed by atoms with van der Waals surface area (Å²) in [7, 11) is 6.50. The number of ether oxygens (including phenoxy) is 2. The summed E-state index contributed by atoms with van der Waals surface area (Å²) in [6.07, 6.45) is 0. The van der Waals surface area contributed by atoms with Crippen molar-refractivity contribution in [2.75, 3.05) is 52.7 Å². The number of aliphatic carboxylic acids is 1. The van der Waals surface area contributed by atoms with Crippen LogP contribution < -0.4 is 20.1 Å². The van der Waals surface area contributed by atoms with Crippen LogP contribution in [-0.2, 0) is 4.79 Å². The van der Waals surface area contributed by atoms with Crippen LogP contribution >= 0.6 is 0 Å². The molecule has 0 atom stereocenters. The molecule has 0 aliphatic rings. The number of amides is 1. The van der Waals surface area contributed by atoms with E-state index in [-0.39, 0.29) is 47.5 Å². The number of anilines is 1. The number of nitrogens with one attached hydrogen (secondary N) is 1. The average Bonchev–Trinajstić information content (AvgIpc) is 2.90. The van der Waals surface area contributed by atoms with Crippen LogP contribution in [0.25, 0.3) is 0 Å². The fourth-order valence-corrected chi connectivity index (χ4v) is 3.59. The molecule has 0 radical (unpaired) electrons. The Labute approximate surface area is 234 Å². The molecule has 14 heteroatoms. The van der Waals surface area contributed by atoms with Gasteiger partial charge in [0.25, 0.3) is 17.7 Å². The van der Waals surface area contributed by atoms with E-state index in [4.69, 9.17) is 20.6 Å². The molecule has 41 heavy (non-hydrogen) atoms. The number of pyridine rings is 1. The first-order valence-corrected chi connectivity index (χ1v) is 12.1. The minimum Gasteiger partial charge on any atom is -0.504 e. The number of amidine groups is 1. The van der Waals surface area contributed by atoms with Gasteiger partial charge >= 0.3 is 5.97 Å². The number of carboxylic acid groups (broad SMARTS) is 1. The zero-order valence-electron chi connectivity index (χ0n) is 22.8. The molecule has 0 unspecified atom stereocenters. The molecule has 0 aliphatic carbocycles. The first kappa shape index (κ1) is 30.6. The number of nitrogens with zero attached hydrogens (tertiary/aromatic N) is 4. The van der Waals surface area contributed by atoms with Crippen LogP contribution in [-0.4, -0.2) is 90.5 Å². The summed E-state index contributed by atoms with van der Waals surface area (Å²) in [5, 5.41) is 27.4. The molecule has 1 heterocycles. The van der Waals surface area contributed by atoms with E-state index in [0.29, 0.717) is 0 Å². The van der Waals surface area contributed by atoms with Gasteiger partial charge in [0.1, 0.15) is 23.8 Å². The van der Waals surface area contributed by atoms with Gasteiger partial charge in [0.2, 0.25) is 11.6 Å². The van der Waals surface area contributed by atoms with Crippen LogP contribution in [0.3, 0.4) is 0 Å². The number of rotatable bonds is 12. The highest BCUT2D eigenvalue weighted by molar-refractivity contribution is 5.95. The maximum Gasteiger partial charge on any atom is 0.323 e. The van der Waals surface area contributed by atoms with Gasteiger partial charge in [-0.1, -0.05) is 6.07 Å². The van der Waals surface area contributed by atoms with Crippen LogP contribution in [0.5, 0.6) is 29.0 Å². The third-order valence-electron chi connectivity index (χ3n) is 5.63. The molecule has 2 aromatic carbocycles. The Morgan fingerprint density at radius 1 is 0.976 bits per heavy atom. The second-order valence-electron chi connectivity index (χ2n) is 9.34. The molecular formula is C27H30F2N6O6. The van der Waals surface area contributed by atoms with Gasteiger partial charge in [-0.3, -0.25) is 15.0 Å². The minimum absolute atomic E-state index is 0.0212. The predicted molar refractivity (Wildman–Crippen MR) is 146 cm³/mol. The number of carbonyl (C=O) groups is 2. The fraction of sp³-hybridized carbons (Fsp3) is 0.259. The highest BCUT2D eigenvalue weighted by Gasteiger charge is 2.29. The summed E-state index contributed by atoms with van der Waals surface area (Å²) < 4.78 is 42.9. The summed E-state index contributed by atoms with van der Waals surface area (Å²) in [4.78, 5) is 31.8. The van der Waals surface area contributed by atoms with E-state index >= 15 is 8.78 Å². The summed E-state index contributed by atoms with van der Waals surface area (Å²) in [5.74, 6) is -7.24. The quantitative estimate of drug-likeness (QED) is 0.187. The van der Waals surface area contributed by atoms with E-state index in [9.17, 15) is 19.8 Å². The van der Waals surface area contributed by atoms with E-state index in [1.54, 1.807) is 33.1 Å². The zero-order chi connectivity index (χ0) is 30.4. The second kappa shape index (κ2) is 12.9. The molecule has 3 aromatic rings. The molecule has 0 bridgehead atoms. The number of aromatic hydroxyl groups is 1. The van der Waals surface area contributed by atoms with E-state index in [1.807, 2.05) is 0 Å². The Morgan fingerprint density at radius 3 is 2.22 bits per heavy atom. The Bertz CT molecular complexity index is 1470. The number of nitrogens with two attached hydrogens (primary N) is 1. The fourth-order valence-electron chi connectivity index (χ4n) is 3.59. The largest absolute Gasteiger partial charge is 0.504 e. The molecule has 1 amide bonds. The summed E-state index contributed by atoms with van der Waals surface area (Å²) in [6, 6.07) is 9.40. The van der Waals surface area contributed by atoms with Gasteiger partial charge < -0.3 is 40.1 Å². The lowest BCUT2D eigenvalue weighted by atomic mass is 10.2. The van der Waals surface area contributed by atoms with Crippen molar-refractivity contribution in [2.45, 2.75) is 0 Å². The third-order valence-corrected chi connectivity index (χ3v) is 5.63. The molecule has 5 N–H and O–H groups in total. The Kier molecular flexibility index (Phi) is 9.63. The van der Waals surface area contributed by atoms with E-state index in [0.717, 1.165) is 17.0 Å². The smallest absolute Gasteiger partial charge is 0.323 e. The number of carboxylic acids is 1. The Morgan fingerprint density at radius 2 is 1.63 bits per heavy atom. The van der Waals surface area contributed by atoms with Gasteiger partial charge in [-0.25, -0.2) is 0 Å². The van der Waals surface area contributed by atoms with E-state index in [1.165, 1.54) is 35.2 Å². The first-order valence-electron chi connectivity index (χ1n) is 12.1. The van der Waals surface area contributed by atoms with Crippen molar-refractivity contribution in [2.24, 2.45) is 5.73 Å². The first-order chi connectivity index (χ1) is 19.3. The number of benzene rings is 2. The van der Waals surface area contributed by atoms with Crippen LogP contribution in [0.4, 0.5) is 14.5 Å². The highest BCUT2D eigenvalue weighted by Crippen LogP contribution is 2.40. The van der Waals surface area contributed by atoms with Gasteiger partial charge in [-0.15, -0.1) is 0 Å². The number of aromatic nitrogens is 1. The normalized spacial score (nSPS) is 10.8. The van der Waals surface area contributed by atoms with Gasteiger partial charge in [-0.05, 0) is 50.5 Å². The molecule has 0 saturated heterocycles. The van der Waals surface area contributed by atoms with E-state index < -0.39 is 47.3 Å². The standard InChI is InChI=1S/C27H30F2N6O6/c1-33(2)10-11-35(14-20(37)38)23-21(28)25(40-17-7-5-6-16(12-17)27(39)34(3)4)32-26(22(23)29)41-19-13-15(24(30)31)8-9-18(19)36/h5-9,12-13,36H,10-11,14H2,1-4H3,(H3,30,31)(H,37,38). The SMILES string of the molecule is CN(C)CCN(CC(=O)O)c1c(F)c(Oc2cccc(C(=O)N(C)C)c2)nc(Oc2cc(C(=N)N)ccc2O)c1F. The van der Waals surface area contributed by atoms with Crippen molar-refractivity contribution in [1.82, 2.24) is 14.8 Å². The topological polar surface area (TPSA) is 166 Å². The number of halogens is 2. The number of hydrogen-bond donors (Lipinski definition) is 4. The lowest BCUT2D eigenvalue weighted by Gasteiger charge is -2.26. The molecule has 1 aromatic heterocycles. The molecule has 3 rings (SSSR count). The maximum atomic E-state index is 15.9. The van der Waals surface area contributed by atoms with Gasteiger partial charge in [0.15, 0.2) is 11.5 Å². The maximum absolute atomic E-state index is 15.9. The molecule has 218 valence electrons. The van der Waals surface area contributed by atoms with Gasteiger partial charge in [0, 0.05) is 38.3 Å². The number of carbonyl (C=O) groups excluding carboxylic acids is 1. The number of phenols is 1. The van der Waals surface area contributed by atoms with Crippen LogP contribution in [0, 0.1) is 17.0 Å². The molecule has 0 spiro atoms. The molecule has 0 aliphatic heterocycles. The van der Waals surface area contributed by atoms with Crippen molar-refractivity contribution in [3.63, 3.8) is 0 Å². The number of hydrogen-bond acceptors (Lipinski definition) is 9. The van der Waals surface area contributed by atoms with Crippen molar-refractivity contribution in [3.05, 3.63) is 65.2 Å². The lowest BCUT2D eigenvalue weighted by Crippen LogP contribution is -2.37. The molecule has 0 fully saturated rings. The minimum atomic E-state index is -1.36. The third kappa shape index (κ3) is 7.57. The van der Waals surface area contributed by atoms with Gasteiger partial charge in [0.05, 0.1) is 0 Å². The number of phenolic OH excluding ortho intramolecular Hbond substituents is 1. The summed E-state index contributed by atoms with van der Waals surface area (Å²) >= 11 is 0. The second-order valence-corrected chi connectivity index (χ2v) is 9.34. The average molecular weight is 573 g/mol. The van der Waals surface area contributed by atoms with Gasteiger partial charge in [-0.2, -0.15) is 13.8 Å². The van der Waals surface area contributed by atoms with Crippen molar-refractivity contribution in [3.8, 4) is 29.0 Å². The van der Waals surface area contributed by atoms with Crippen LogP contribution in [0.15, 0.2) is 42.5 Å². The monoisotopic (exact) mass is 572 g/mol. The predicted octanol–water partition coefficient (Wildman–Crippen LogP) is 3.09. The van der Waals surface area contributed by atoms with Crippen LogP contribution in [0.2, 0.25) is 0 Å². The van der Waals surface area contributed by atoms with Crippen molar-refractivity contribution >= 4 is 23.4 Å². The Hall–Kier alpha value is -4.98. The number of nitrogen functional groups attached to an aromatic ring is 1. The molecule has 0 saturated carbocycles. The van der Waals surface area contributed by atoms with Crippen molar-refractivity contribution in [1.29, 1.82) is 5.41 Å². The Balaban J connectivity index is 2.19.